The molecule has 2 rings (SSSR count). The molecule has 0 amide bonds. The number of nitrogens with zero attached hydrogens (tertiary/aromatic N) is 4. The van der Waals surface area contributed by atoms with E-state index < -0.39 is 4.92 Å². The SMILES string of the molecule is CC(C)Cc1nc2cc(C(C)C)nn2c(Cl)c1[N+](=O)[O-]. The number of aromatic nitrogens is 3. The van der Waals surface area contributed by atoms with Gasteiger partial charge in [0, 0.05) is 6.07 Å². The summed E-state index contributed by atoms with van der Waals surface area (Å²) in [6.07, 6.45) is 0.509. The van der Waals surface area contributed by atoms with Crippen LogP contribution in [0.15, 0.2) is 6.07 Å². The van der Waals surface area contributed by atoms with Gasteiger partial charge in [0.05, 0.1) is 10.6 Å². The average molecular weight is 297 g/mol. The fraction of sp³-hybridized carbons (Fsp3) is 0.538. The number of fused-ring (bicyclic) bond motifs is 1. The van der Waals surface area contributed by atoms with Gasteiger partial charge in [0.1, 0.15) is 5.69 Å². The Morgan fingerprint density at radius 3 is 2.55 bits per heavy atom. The van der Waals surface area contributed by atoms with Gasteiger partial charge in [0.25, 0.3) is 0 Å². The van der Waals surface area contributed by atoms with E-state index in [0.29, 0.717) is 17.8 Å². The van der Waals surface area contributed by atoms with Crippen molar-refractivity contribution >= 4 is 22.9 Å². The van der Waals surface area contributed by atoms with Crippen LogP contribution in [-0.2, 0) is 6.42 Å². The average Bonchev–Trinajstić information content (AvgIpc) is 2.71. The number of rotatable bonds is 4. The third kappa shape index (κ3) is 2.60. The lowest BCUT2D eigenvalue weighted by Crippen LogP contribution is -2.07. The maximum Gasteiger partial charge on any atom is 0.327 e. The van der Waals surface area contributed by atoms with E-state index in [1.165, 1.54) is 4.52 Å². The molecule has 2 aromatic rings. The monoisotopic (exact) mass is 296 g/mol. The zero-order valence-electron chi connectivity index (χ0n) is 11.9. The summed E-state index contributed by atoms with van der Waals surface area (Å²) in [7, 11) is 0. The molecule has 2 aromatic heterocycles. The predicted molar refractivity (Wildman–Crippen MR) is 77.3 cm³/mol. The highest BCUT2D eigenvalue weighted by atomic mass is 35.5. The zero-order valence-corrected chi connectivity index (χ0v) is 12.7. The molecule has 0 spiro atoms. The molecule has 0 aliphatic heterocycles. The molecule has 0 saturated carbocycles. The molecule has 0 radical (unpaired) electrons. The second-order valence-corrected chi connectivity index (χ2v) is 5.90. The van der Waals surface area contributed by atoms with Crippen LogP contribution in [0.2, 0.25) is 5.15 Å². The van der Waals surface area contributed by atoms with Crippen molar-refractivity contribution in [2.45, 2.75) is 40.0 Å². The molecule has 0 aliphatic carbocycles. The fourth-order valence-corrected chi connectivity index (χ4v) is 2.32. The Kier molecular flexibility index (Phi) is 3.94. The molecule has 2 heterocycles. The van der Waals surface area contributed by atoms with E-state index in [-0.39, 0.29) is 22.7 Å². The lowest BCUT2D eigenvalue weighted by atomic mass is 10.1. The van der Waals surface area contributed by atoms with Crippen molar-refractivity contribution in [1.82, 2.24) is 14.6 Å². The van der Waals surface area contributed by atoms with E-state index >= 15 is 0 Å². The first-order valence-electron chi connectivity index (χ1n) is 6.53. The second kappa shape index (κ2) is 5.36. The van der Waals surface area contributed by atoms with Crippen LogP contribution in [-0.4, -0.2) is 19.5 Å². The number of halogens is 1. The van der Waals surface area contributed by atoms with Gasteiger partial charge in [0.2, 0.25) is 5.15 Å². The standard InChI is InChI=1S/C13H17ClN4O2/c1-7(2)5-10-12(18(19)20)13(14)17-11(15-10)6-9(16-17)8(3)4/h6-8H,5H2,1-4H3. The lowest BCUT2D eigenvalue weighted by Gasteiger charge is -2.07. The van der Waals surface area contributed by atoms with Crippen LogP contribution >= 0.6 is 11.6 Å². The molecule has 0 atom stereocenters. The molecule has 0 unspecified atom stereocenters. The molecule has 20 heavy (non-hydrogen) atoms. The first-order valence-corrected chi connectivity index (χ1v) is 6.91. The van der Waals surface area contributed by atoms with Crippen molar-refractivity contribution in [1.29, 1.82) is 0 Å². The van der Waals surface area contributed by atoms with E-state index in [1.54, 1.807) is 0 Å². The Morgan fingerprint density at radius 1 is 1.40 bits per heavy atom. The summed E-state index contributed by atoms with van der Waals surface area (Å²) >= 11 is 6.16. The second-order valence-electron chi connectivity index (χ2n) is 5.55. The van der Waals surface area contributed by atoms with Gasteiger partial charge in [-0.1, -0.05) is 39.3 Å². The molecular formula is C13H17ClN4O2. The van der Waals surface area contributed by atoms with E-state index in [2.05, 4.69) is 10.1 Å². The van der Waals surface area contributed by atoms with Crippen LogP contribution in [0.3, 0.4) is 0 Å². The smallest absolute Gasteiger partial charge is 0.258 e. The molecule has 0 saturated heterocycles. The summed E-state index contributed by atoms with van der Waals surface area (Å²) in [6.45, 7) is 7.97. The maximum atomic E-state index is 11.2. The van der Waals surface area contributed by atoms with E-state index in [9.17, 15) is 10.1 Å². The molecule has 0 aromatic carbocycles. The maximum absolute atomic E-state index is 11.2. The Labute approximate surface area is 121 Å². The van der Waals surface area contributed by atoms with Crippen molar-refractivity contribution in [3.05, 3.63) is 32.7 Å². The van der Waals surface area contributed by atoms with Crippen molar-refractivity contribution in [2.24, 2.45) is 5.92 Å². The summed E-state index contributed by atoms with van der Waals surface area (Å²) in [4.78, 5) is 15.1. The molecule has 108 valence electrons. The minimum Gasteiger partial charge on any atom is -0.258 e. The van der Waals surface area contributed by atoms with Crippen LogP contribution in [0.1, 0.15) is 45.0 Å². The van der Waals surface area contributed by atoms with Crippen LogP contribution < -0.4 is 0 Å². The molecular weight excluding hydrogens is 280 g/mol. The summed E-state index contributed by atoms with van der Waals surface area (Å²) in [5, 5.41) is 15.6. The van der Waals surface area contributed by atoms with Crippen molar-refractivity contribution < 1.29 is 4.92 Å². The first kappa shape index (κ1) is 14.7. The molecule has 0 aliphatic rings. The summed E-state index contributed by atoms with van der Waals surface area (Å²) < 4.78 is 1.35. The van der Waals surface area contributed by atoms with Crippen molar-refractivity contribution in [3.63, 3.8) is 0 Å². The number of hydrogen-bond acceptors (Lipinski definition) is 4. The normalized spacial score (nSPS) is 11.8. The zero-order chi connectivity index (χ0) is 15.0. The largest absolute Gasteiger partial charge is 0.327 e. The molecule has 0 fully saturated rings. The molecule has 0 bridgehead atoms. The van der Waals surface area contributed by atoms with Crippen molar-refractivity contribution in [3.8, 4) is 0 Å². The third-order valence-electron chi connectivity index (χ3n) is 2.99. The minimum atomic E-state index is -0.483. The van der Waals surface area contributed by atoms with Crippen LogP contribution in [0.5, 0.6) is 0 Å². The Balaban J connectivity index is 2.71. The number of hydrogen-bond donors (Lipinski definition) is 0. The van der Waals surface area contributed by atoms with Gasteiger partial charge < -0.3 is 0 Å². The lowest BCUT2D eigenvalue weighted by molar-refractivity contribution is -0.386. The molecule has 7 heteroatoms. The molecule has 0 N–H and O–H groups in total. The summed E-state index contributed by atoms with van der Waals surface area (Å²) in [6, 6.07) is 1.82. The minimum absolute atomic E-state index is 0.0163. The van der Waals surface area contributed by atoms with E-state index in [4.69, 9.17) is 11.6 Å². The quantitative estimate of drug-likeness (QED) is 0.491. The van der Waals surface area contributed by atoms with E-state index in [0.717, 1.165) is 5.69 Å². The van der Waals surface area contributed by atoms with Crippen LogP contribution in [0.25, 0.3) is 5.65 Å². The first-order chi connectivity index (χ1) is 9.31. The third-order valence-corrected chi connectivity index (χ3v) is 3.33. The fourth-order valence-electron chi connectivity index (χ4n) is 2.02. The van der Waals surface area contributed by atoms with Gasteiger partial charge in [-0.3, -0.25) is 10.1 Å². The van der Waals surface area contributed by atoms with Gasteiger partial charge >= 0.3 is 5.69 Å². The van der Waals surface area contributed by atoms with Crippen LogP contribution in [0, 0.1) is 16.0 Å². The highest BCUT2D eigenvalue weighted by molar-refractivity contribution is 6.31. The van der Waals surface area contributed by atoms with Gasteiger partial charge in [-0.2, -0.15) is 9.61 Å². The van der Waals surface area contributed by atoms with Gasteiger partial charge in [0.15, 0.2) is 5.65 Å². The van der Waals surface area contributed by atoms with Crippen LogP contribution in [0.4, 0.5) is 5.69 Å². The number of nitro groups is 1. The predicted octanol–water partition coefficient (Wildman–Crippen LogP) is 3.61. The van der Waals surface area contributed by atoms with Crippen molar-refractivity contribution in [2.75, 3.05) is 0 Å². The van der Waals surface area contributed by atoms with E-state index in [1.807, 2.05) is 33.8 Å². The Bertz CT molecular complexity index is 664. The summed E-state index contributed by atoms with van der Waals surface area (Å²) in [5.74, 6) is 0.465. The van der Waals surface area contributed by atoms with Gasteiger partial charge in [-0.15, -0.1) is 0 Å². The highest BCUT2D eigenvalue weighted by Crippen LogP contribution is 2.30. The van der Waals surface area contributed by atoms with Gasteiger partial charge in [-0.25, -0.2) is 4.98 Å². The summed E-state index contributed by atoms with van der Waals surface area (Å²) in [5.41, 5.74) is 1.64. The Hall–Kier alpha value is -1.69. The highest BCUT2D eigenvalue weighted by Gasteiger charge is 2.25. The molecule has 6 nitrogen and oxygen atoms in total. The topological polar surface area (TPSA) is 73.3 Å². The Morgan fingerprint density at radius 2 is 2.05 bits per heavy atom. The van der Waals surface area contributed by atoms with Gasteiger partial charge in [-0.05, 0) is 18.3 Å².